The SMILES string of the molecule is B/C=C(B)/C(Br)=C(B)\C=C\C(=C(/B)CB)C(\B)=C(\B)CB. The molecule has 9 heteroatoms. The maximum atomic E-state index is 3.68. The van der Waals surface area contributed by atoms with Crippen molar-refractivity contribution in [3.63, 3.8) is 0 Å². The van der Waals surface area contributed by atoms with Crippen molar-refractivity contribution in [1.29, 1.82) is 0 Å². The minimum absolute atomic E-state index is 1.09. The molecule has 21 heavy (non-hydrogen) atoms. The van der Waals surface area contributed by atoms with Gasteiger partial charge >= 0.3 is 0 Å². The lowest BCUT2D eigenvalue weighted by atomic mass is 9.67. The third-order valence-corrected chi connectivity index (χ3v) is 5.44. The van der Waals surface area contributed by atoms with Gasteiger partial charge in [0.1, 0.15) is 62.8 Å². The highest BCUT2D eigenvalue weighted by Gasteiger charge is 2.04. The van der Waals surface area contributed by atoms with Gasteiger partial charge in [0.05, 0.1) is 0 Å². The van der Waals surface area contributed by atoms with Crippen LogP contribution in [0.2, 0.25) is 12.6 Å². The van der Waals surface area contributed by atoms with Gasteiger partial charge in [0.25, 0.3) is 0 Å². The fourth-order valence-corrected chi connectivity index (χ4v) is 2.35. The fraction of sp³-hybridized carbons (Fsp3) is 0.167. The van der Waals surface area contributed by atoms with Gasteiger partial charge in [-0.15, -0.1) is 16.9 Å². The van der Waals surface area contributed by atoms with Gasteiger partial charge < -0.3 is 0 Å². The number of hydrogen-bond donors (Lipinski definition) is 0. The van der Waals surface area contributed by atoms with Crippen molar-refractivity contribution in [1.82, 2.24) is 0 Å². The number of rotatable bonds is 6. The van der Waals surface area contributed by atoms with E-state index in [0.29, 0.717) is 0 Å². The van der Waals surface area contributed by atoms with Gasteiger partial charge in [-0.2, -0.15) is 0 Å². The van der Waals surface area contributed by atoms with Crippen molar-refractivity contribution >= 4 is 78.7 Å². The Morgan fingerprint density at radius 2 is 1.38 bits per heavy atom. The Morgan fingerprint density at radius 3 is 1.81 bits per heavy atom. The number of allylic oxidation sites excluding steroid dienone is 9. The summed E-state index contributed by atoms with van der Waals surface area (Å²) in [7, 11) is 17.5. The van der Waals surface area contributed by atoms with E-state index in [-0.39, 0.29) is 0 Å². The first-order valence-corrected chi connectivity index (χ1v) is 8.63. The molecule has 0 aliphatic carbocycles. The third kappa shape index (κ3) is 6.55. The third-order valence-electron chi connectivity index (χ3n) is 4.19. The average molecular weight is 334 g/mol. The minimum Gasteiger partial charge on any atom is -0.129 e. The first-order valence-electron chi connectivity index (χ1n) is 7.84. The summed E-state index contributed by atoms with van der Waals surface area (Å²) in [5, 5.41) is 0. The Bertz CT molecular complexity index is 527. The Labute approximate surface area is 146 Å². The van der Waals surface area contributed by atoms with Crippen molar-refractivity contribution in [3.05, 3.63) is 55.5 Å². The number of halogens is 1. The zero-order chi connectivity index (χ0) is 16.6. The van der Waals surface area contributed by atoms with E-state index in [1.54, 1.807) is 0 Å². The van der Waals surface area contributed by atoms with Crippen molar-refractivity contribution in [2.45, 2.75) is 12.6 Å². The maximum absolute atomic E-state index is 3.68. The normalized spacial score (nSPS) is 16.3. The average Bonchev–Trinajstić information content (AvgIpc) is 2.51. The summed E-state index contributed by atoms with van der Waals surface area (Å²) in [4.78, 5) is 0. The van der Waals surface area contributed by atoms with Crippen molar-refractivity contribution in [3.8, 4) is 0 Å². The van der Waals surface area contributed by atoms with Crippen LogP contribution in [-0.2, 0) is 0 Å². The number of hydrogen-bond acceptors (Lipinski definition) is 0. The minimum atomic E-state index is 1.09. The van der Waals surface area contributed by atoms with Gasteiger partial charge in [-0.3, -0.25) is 0 Å². The molecule has 0 aromatic rings. The van der Waals surface area contributed by atoms with E-state index in [1.807, 2.05) is 0 Å². The fourth-order valence-electron chi connectivity index (χ4n) is 1.99. The molecule has 0 fully saturated rings. The smallest absolute Gasteiger partial charge is 0.129 e. The van der Waals surface area contributed by atoms with Crippen LogP contribution in [0, 0.1) is 0 Å². The standard InChI is InChI=1S/C12H23B8Br/c13-3-8(17)6(11(20)9(18)4-14)1-2-7(16)12(21)10(19)5-15/h1-2,5H,3-4,13-20H2/b2-1+,8-6+,10-5-,11-9-,12-7-. The predicted molar refractivity (Wildman–Crippen MR) is 125 cm³/mol. The predicted octanol–water partition coefficient (Wildman–Crippen LogP) is -3.64. The summed E-state index contributed by atoms with van der Waals surface area (Å²) >= 11 is 3.68. The first-order chi connectivity index (χ1) is 9.79. The second kappa shape index (κ2) is 10.4. The molecule has 0 amide bonds. The molecular weight excluding hydrogens is 311 g/mol. The molecule has 102 valence electrons. The van der Waals surface area contributed by atoms with Crippen LogP contribution in [0.1, 0.15) is 0 Å². The highest BCUT2D eigenvalue weighted by molar-refractivity contribution is 9.12. The molecule has 0 radical (unpaired) electrons. The van der Waals surface area contributed by atoms with Crippen molar-refractivity contribution in [2.75, 3.05) is 0 Å². The molecule has 0 aliphatic rings. The summed E-state index contributed by atoms with van der Waals surface area (Å²) in [6.45, 7) is 0. The van der Waals surface area contributed by atoms with Gasteiger partial charge in [-0.1, -0.05) is 57.1 Å². The second-order valence-corrected chi connectivity index (χ2v) is 6.40. The van der Waals surface area contributed by atoms with E-state index in [2.05, 4.69) is 96.8 Å². The Hall–Kier alpha value is -0.301. The molecule has 0 heterocycles. The van der Waals surface area contributed by atoms with Gasteiger partial charge in [-0.05, 0) is 5.57 Å². The molecule has 0 rings (SSSR count). The monoisotopic (exact) mass is 334 g/mol. The molecule has 0 saturated heterocycles. The van der Waals surface area contributed by atoms with Crippen LogP contribution in [0.4, 0.5) is 0 Å². The first kappa shape index (κ1) is 20.7. The van der Waals surface area contributed by atoms with E-state index >= 15 is 0 Å². The maximum Gasteiger partial charge on any atom is 0.140 e. The van der Waals surface area contributed by atoms with Crippen LogP contribution < -0.4 is 0 Å². The lowest BCUT2D eigenvalue weighted by Gasteiger charge is -2.13. The molecular formula is C12H23B8Br. The van der Waals surface area contributed by atoms with Crippen LogP contribution in [-0.4, -0.2) is 62.8 Å². The van der Waals surface area contributed by atoms with Gasteiger partial charge in [-0.25, -0.2) is 0 Å². The Balaban J connectivity index is 5.73. The van der Waals surface area contributed by atoms with Crippen LogP contribution >= 0.6 is 15.9 Å². The highest BCUT2D eigenvalue weighted by atomic mass is 79.9. The summed E-state index contributed by atoms with van der Waals surface area (Å²) in [6.07, 6.45) is 6.69. The van der Waals surface area contributed by atoms with Gasteiger partial charge in [0, 0.05) is 4.48 Å². The molecule has 0 aromatic carbocycles. The van der Waals surface area contributed by atoms with Crippen molar-refractivity contribution in [2.24, 2.45) is 0 Å². The van der Waals surface area contributed by atoms with E-state index in [0.717, 1.165) is 12.6 Å². The zero-order valence-electron chi connectivity index (χ0n) is 15.0. The summed E-state index contributed by atoms with van der Waals surface area (Å²) < 4.78 is 1.18. The van der Waals surface area contributed by atoms with Gasteiger partial charge in [0.15, 0.2) is 0 Å². The van der Waals surface area contributed by atoms with Crippen LogP contribution in [0.15, 0.2) is 55.5 Å². The molecule has 0 saturated carbocycles. The van der Waals surface area contributed by atoms with Crippen LogP contribution in [0.5, 0.6) is 0 Å². The van der Waals surface area contributed by atoms with E-state index in [4.69, 9.17) is 0 Å². The lowest BCUT2D eigenvalue weighted by molar-refractivity contribution is 1.47. The van der Waals surface area contributed by atoms with Gasteiger partial charge in [0.2, 0.25) is 0 Å². The summed E-state index contributed by atoms with van der Waals surface area (Å²) in [6, 6.07) is 0. The molecule has 0 aromatic heterocycles. The molecule has 0 aliphatic heterocycles. The van der Waals surface area contributed by atoms with Crippen LogP contribution in [0.3, 0.4) is 0 Å². The van der Waals surface area contributed by atoms with E-state index in [1.165, 1.54) is 37.4 Å². The quantitative estimate of drug-likeness (QED) is 0.347. The lowest BCUT2D eigenvalue weighted by Crippen LogP contribution is -2.00. The van der Waals surface area contributed by atoms with Crippen molar-refractivity contribution < 1.29 is 0 Å². The Morgan fingerprint density at radius 1 is 0.857 bits per heavy atom. The zero-order valence-corrected chi connectivity index (χ0v) is 16.6. The summed E-state index contributed by atoms with van der Waals surface area (Å²) in [5.74, 6) is 2.13. The largest absolute Gasteiger partial charge is 0.140 e. The molecule has 0 unspecified atom stereocenters. The van der Waals surface area contributed by atoms with Crippen LogP contribution in [0.25, 0.3) is 0 Å². The molecule has 0 N–H and O–H groups in total. The topological polar surface area (TPSA) is 0 Å². The van der Waals surface area contributed by atoms with E-state index < -0.39 is 0 Å². The molecule has 0 spiro atoms. The Kier molecular flexibility index (Phi) is 10.3. The van der Waals surface area contributed by atoms with E-state index in [9.17, 15) is 0 Å². The molecule has 0 bridgehead atoms. The highest BCUT2D eigenvalue weighted by Crippen LogP contribution is 2.21. The molecule has 0 atom stereocenters. The second-order valence-electron chi connectivity index (χ2n) is 5.61. The summed E-state index contributed by atoms with van der Waals surface area (Å²) in [5.41, 5.74) is 8.24. The molecule has 0 nitrogen and oxygen atoms in total.